The molecule has 10 heteroatoms. The van der Waals surface area contributed by atoms with Crippen LogP contribution in [0.4, 0.5) is 0 Å². The highest BCUT2D eigenvalue weighted by Gasteiger charge is 2.17. The Morgan fingerprint density at radius 2 is 1.82 bits per heavy atom. The largest absolute Gasteiger partial charge is 0.493 e. The number of methoxy groups -OCH3 is 2. The zero-order chi connectivity index (χ0) is 22.9. The topological polar surface area (TPSA) is 103 Å². The number of rotatable bonds is 7. The third-order valence-corrected chi connectivity index (χ3v) is 6.26. The van der Waals surface area contributed by atoms with Gasteiger partial charge < -0.3 is 14.0 Å². The van der Waals surface area contributed by atoms with E-state index in [9.17, 15) is 0 Å². The number of nitriles is 1. The molecular weight excluding hydrogens is 438 g/mol. The molecule has 0 aliphatic carbocycles. The smallest absolute Gasteiger partial charge is 0.192 e. The molecule has 0 amide bonds. The van der Waals surface area contributed by atoms with Crippen LogP contribution in [-0.4, -0.2) is 49.1 Å². The summed E-state index contributed by atoms with van der Waals surface area (Å²) in [5, 5.41) is 15.2. The molecule has 0 fully saturated rings. The zero-order valence-corrected chi connectivity index (χ0v) is 19.3. The predicted octanol–water partition coefficient (Wildman–Crippen LogP) is 3.81. The first-order valence-corrected chi connectivity index (χ1v) is 11.3. The average Bonchev–Trinajstić information content (AvgIpc) is 3.40. The van der Waals surface area contributed by atoms with Crippen LogP contribution in [0.3, 0.4) is 0 Å². The molecule has 0 N–H and O–H groups in total. The lowest BCUT2D eigenvalue weighted by Crippen LogP contribution is -2.05. The van der Waals surface area contributed by atoms with E-state index in [-0.39, 0.29) is 5.75 Å². The van der Waals surface area contributed by atoms with Gasteiger partial charge in [0.2, 0.25) is 0 Å². The van der Waals surface area contributed by atoms with Gasteiger partial charge in [-0.3, -0.25) is 0 Å². The molecule has 5 rings (SSSR count). The van der Waals surface area contributed by atoms with E-state index < -0.39 is 0 Å². The van der Waals surface area contributed by atoms with Gasteiger partial charge in [-0.1, -0.05) is 23.9 Å². The minimum Gasteiger partial charge on any atom is -0.493 e. The summed E-state index contributed by atoms with van der Waals surface area (Å²) in [5.41, 5.74) is 3.44. The quantitative estimate of drug-likeness (QED) is 0.267. The van der Waals surface area contributed by atoms with Crippen LogP contribution in [0.5, 0.6) is 11.5 Å². The molecule has 0 radical (unpaired) electrons. The second-order valence-electron chi connectivity index (χ2n) is 7.38. The number of thioether (sulfide) groups is 1. The van der Waals surface area contributed by atoms with Gasteiger partial charge in [0.05, 0.1) is 42.6 Å². The highest BCUT2D eigenvalue weighted by Crippen LogP contribution is 2.34. The molecule has 0 unspecified atom stereocenters. The van der Waals surface area contributed by atoms with E-state index in [2.05, 4.69) is 21.7 Å². The molecule has 0 atom stereocenters. The molecule has 0 aliphatic rings. The van der Waals surface area contributed by atoms with Gasteiger partial charge in [-0.05, 0) is 25.1 Å². The molecule has 0 bridgehead atoms. The fourth-order valence-corrected chi connectivity index (χ4v) is 4.54. The normalized spacial score (nSPS) is 11.3. The van der Waals surface area contributed by atoms with E-state index >= 15 is 0 Å². The molecular formula is C23H21N7O2S. The number of ether oxygens (including phenoxy) is 2. The van der Waals surface area contributed by atoms with Crippen molar-refractivity contribution in [1.29, 1.82) is 5.26 Å². The lowest BCUT2D eigenvalue weighted by molar-refractivity contribution is 0.355. The Kier molecular flexibility index (Phi) is 5.48. The summed E-state index contributed by atoms with van der Waals surface area (Å²) in [5.74, 6) is 3.08. The van der Waals surface area contributed by atoms with Crippen LogP contribution < -0.4 is 9.47 Å². The fourth-order valence-electron chi connectivity index (χ4n) is 3.94. The highest BCUT2D eigenvalue weighted by atomic mass is 32.2. The number of aryl methyl sites for hydroxylation is 3. The molecule has 0 aliphatic heterocycles. The lowest BCUT2D eigenvalue weighted by Gasteiger charge is -2.10. The van der Waals surface area contributed by atoms with Crippen LogP contribution in [0.15, 0.2) is 41.6 Å². The van der Waals surface area contributed by atoms with Crippen LogP contribution in [0, 0.1) is 18.3 Å². The van der Waals surface area contributed by atoms with Crippen LogP contribution in [0.1, 0.15) is 11.6 Å². The summed E-state index contributed by atoms with van der Waals surface area (Å²) < 4.78 is 14.8. The van der Waals surface area contributed by atoms with E-state index in [1.54, 1.807) is 18.7 Å². The van der Waals surface area contributed by atoms with E-state index in [4.69, 9.17) is 29.8 Å². The lowest BCUT2D eigenvalue weighted by atomic mass is 10.2. The van der Waals surface area contributed by atoms with Crippen LogP contribution >= 0.6 is 11.8 Å². The highest BCUT2D eigenvalue weighted by molar-refractivity contribution is 7.99. The van der Waals surface area contributed by atoms with Crippen molar-refractivity contribution in [2.75, 3.05) is 20.0 Å². The minimum atomic E-state index is 0.260. The summed E-state index contributed by atoms with van der Waals surface area (Å²) in [6.07, 6.45) is 0.625. The maximum Gasteiger partial charge on any atom is 0.192 e. The first kappa shape index (κ1) is 21.0. The summed E-state index contributed by atoms with van der Waals surface area (Å²) >= 11 is 1.32. The number of aromatic nitrogens is 6. The van der Waals surface area contributed by atoms with Crippen molar-refractivity contribution < 1.29 is 9.47 Å². The summed E-state index contributed by atoms with van der Waals surface area (Å²) in [6, 6.07) is 13.9. The van der Waals surface area contributed by atoms with Gasteiger partial charge in [-0.15, -0.1) is 5.10 Å². The number of para-hydroxylation sites is 2. The fraction of sp³-hybridized carbons (Fsp3) is 0.261. The summed E-state index contributed by atoms with van der Waals surface area (Å²) in [7, 11) is 3.18. The molecule has 2 aromatic carbocycles. The number of hydrogen-bond donors (Lipinski definition) is 0. The van der Waals surface area contributed by atoms with Crippen molar-refractivity contribution in [3.05, 3.63) is 48.0 Å². The van der Waals surface area contributed by atoms with Gasteiger partial charge in [-0.2, -0.15) is 9.78 Å². The maximum absolute atomic E-state index is 9.08. The Balaban J connectivity index is 1.59. The number of hydrogen-bond acceptors (Lipinski definition) is 8. The average molecular weight is 460 g/mol. The van der Waals surface area contributed by atoms with E-state index in [0.717, 1.165) is 22.2 Å². The number of nitrogens with zero attached hydrogens (tertiary/aromatic N) is 7. The molecule has 9 nitrogen and oxygen atoms in total. The van der Waals surface area contributed by atoms with Crippen LogP contribution in [0.2, 0.25) is 0 Å². The molecule has 3 heterocycles. The Morgan fingerprint density at radius 3 is 2.61 bits per heavy atom. The first-order chi connectivity index (χ1) is 16.1. The van der Waals surface area contributed by atoms with Crippen LogP contribution in [0.25, 0.3) is 27.6 Å². The van der Waals surface area contributed by atoms with Crippen molar-refractivity contribution in [2.24, 2.45) is 0 Å². The number of benzene rings is 2. The van der Waals surface area contributed by atoms with Crippen LogP contribution in [-0.2, 0) is 13.0 Å². The molecule has 3 aromatic heterocycles. The van der Waals surface area contributed by atoms with Crippen molar-refractivity contribution in [2.45, 2.75) is 25.0 Å². The van der Waals surface area contributed by atoms with Gasteiger partial charge in [0.1, 0.15) is 5.82 Å². The van der Waals surface area contributed by atoms with Gasteiger partial charge in [0.15, 0.2) is 28.1 Å². The van der Waals surface area contributed by atoms with Gasteiger partial charge in [0.25, 0.3) is 0 Å². The van der Waals surface area contributed by atoms with E-state index in [1.165, 1.54) is 11.8 Å². The van der Waals surface area contributed by atoms with Crippen molar-refractivity contribution in [1.82, 2.24) is 29.1 Å². The second-order valence-corrected chi connectivity index (χ2v) is 8.32. The van der Waals surface area contributed by atoms with E-state index in [0.29, 0.717) is 46.6 Å². The Hall–Kier alpha value is -3.84. The first-order valence-electron chi connectivity index (χ1n) is 10.4. The molecule has 33 heavy (non-hydrogen) atoms. The van der Waals surface area contributed by atoms with Gasteiger partial charge in [0, 0.05) is 24.4 Å². The van der Waals surface area contributed by atoms with Gasteiger partial charge in [-0.25, -0.2) is 15.0 Å². The zero-order valence-electron chi connectivity index (χ0n) is 18.4. The Morgan fingerprint density at radius 1 is 1.03 bits per heavy atom. The molecule has 166 valence electrons. The Labute approximate surface area is 194 Å². The summed E-state index contributed by atoms with van der Waals surface area (Å²) in [4.78, 5) is 14.2. The predicted molar refractivity (Wildman–Crippen MR) is 126 cm³/mol. The standard InChI is InChI=1S/C23H21N7O2S/c1-14-25-16-6-4-5-7-18(16)29(14)10-8-21-27-22-15-12-19(31-2)20(32-3)13-17(15)26-23(30(22)28-21)33-11-9-24/h4-7,12-13H,8,10-11H2,1-3H3. The number of fused-ring (bicyclic) bond motifs is 4. The Bertz CT molecular complexity index is 1530. The molecule has 0 saturated carbocycles. The van der Waals surface area contributed by atoms with Gasteiger partial charge >= 0.3 is 0 Å². The SMILES string of the molecule is COc1cc2nc(SCC#N)n3nc(CCn4c(C)nc5ccccc54)nc3c2cc1OC. The third-order valence-electron chi connectivity index (χ3n) is 5.46. The number of imidazole rings is 1. The molecule has 0 saturated heterocycles. The summed E-state index contributed by atoms with van der Waals surface area (Å²) in [6.45, 7) is 2.71. The van der Waals surface area contributed by atoms with Crippen molar-refractivity contribution >= 4 is 39.3 Å². The minimum absolute atomic E-state index is 0.260. The van der Waals surface area contributed by atoms with Crippen molar-refractivity contribution in [3.8, 4) is 17.6 Å². The second kappa shape index (κ2) is 8.60. The third kappa shape index (κ3) is 3.70. The van der Waals surface area contributed by atoms with E-state index in [1.807, 2.05) is 37.3 Å². The van der Waals surface area contributed by atoms with Crippen molar-refractivity contribution in [3.63, 3.8) is 0 Å². The molecule has 5 aromatic rings. The monoisotopic (exact) mass is 459 g/mol. The maximum atomic E-state index is 9.08. The molecule has 0 spiro atoms.